The summed E-state index contributed by atoms with van der Waals surface area (Å²) in [5.41, 5.74) is 2.99. The van der Waals surface area contributed by atoms with Crippen molar-refractivity contribution in [1.82, 2.24) is 0 Å². The number of thiophene rings is 1. The maximum atomic E-state index is 13.4. The molecule has 0 amide bonds. The number of nitrogens with zero attached hydrogens (tertiary/aromatic N) is 1. The van der Waals surface area contributed by atoms with E-state index in [-0.39, 0.29) is 11.4 Å². The van der Waals surface area contributed by atoms with Gasteiger partial charge in [0.1, 0.15) is 4.88 Å². The second-order valence-electron chi connectivity index (χ2n) is 6.77. The van der Waals surface area contributed by atoms with Crippen molar-refractivity contribution < 1.29 is 13.2 Å². The lowest BCUT2D eigenvalue weighted by atomic mass is 10.1. The maximum Gasteiger partial charge on any atom is 0.270 e. The average molecular weight is 459 g/mol. The van der Waals surface area contributed by atoms with Gasteiger partial charge in [-0.2, -0.15) is 0 Å². The number of anilines is 2. The molecule has 154 valence electrons. The van der Waals surface area contributed by atoms with Gasteiger partial charge in [0.05, 0.1) is 12.2 Å². The van der Waals surface area contributed by atoms with Gasteiger partial charge in [-0.05, 0) is 47.2 Å². The molecule has 4 rings (SSSR count). The van der Waals surface area contributed by atoms with Crippen LogP contribution in [0.5, 0.6) is 0 Å². The number of nitrogens with one attached hydrogen (secondary N) is 1. The number of carbonyl (C=O) groups is 1. The van der Waals surface area contributed by atoms with Gasteiger partial charge in [-0.25, -0.2) is 8.42 Å². The van der Waals surface area contributed by atoms with Gasteiger partial charge >= 0.3 is 0 Å². The fourth-order valence-electron chi connectivity index (χ4n) is 3.32. The van der Waals surface area contributed by atoms with E-state index in [0.29, 0.717) is 15.6 Å². The lowest BCUT2D eigenvalue weighted by Gasteiger charge is -2.29. The number of Topliss-reactive ketones (excluding diaryl/α,β-unsaturated/α-hetero) is 1. The van der Waals surface area contributed by atoms with Gasteiger partial charge in [0.2, 0.25) is 5.78 Å². The van der Waals surface area contributed by atoms with Gasteiger partial charge in [0, 0.05) is 16.9 Å². The summed E-state index contributed by atoms with van der Waals surface area (Å²) >= 11 is 7.19. The predicted molar refractivity (Wildman–Crippen MR) is 123 cm³/mol. The molecule has 30 heavy (non-hydrogen) atoms. The predicted octanol–water partition coefficient (Wildman–Crippen LogP) is 5.45. The van der Waals surface area contributed by atoms with E-state index in [4.69, 9.17) is 11.6 Å². The minimum Gasteiger partial charge on any atom is -0.360 e. The third-order valence-electron chi connectivity index (χ3n) is 4.91. The molecule has 0 aliphatic carbocycles. The summed E-state index contributed by atoms with van der Waals surface area (Å²) < 4.78 is 28.1. The Labute approximate surface area is 184 Å². The largest absolute Gasteiger partial charge is 0.360 e. The van der Waals surface area contributed by atoms with Gasteiger partial charge in [0.25, 0.3) is 10.0 Å². The van der Waals surface area contributed by atoms with E-state index in [2.05, 4.69) is 5.32 Å². The maximum absolute atomic E-state index is 13.4. The van der Waals surface area contributed by atoms with Crippen molar-refractivity contribution in [1.29, 1.82) is 0 Å². The second-order valence-corrected chi connectivity index (χ2v) is 9.95. The van der Waals surface area contributed by atoms with E-state index in [9.17, 15) is 13.2 Å². The van der Waals surface area contributed by atoms with Gasteiger partial charge < -0.3 is 5.32 Å². The molecule has 8 heteroatoms. The highest BCUT2D eigenvalue weighted by Crippen LogP contribution is 2.39. The Kier molecular flexibility index (Phi) is 5.69. The van der Waals surface area contributed by atoms with E-state index in [0.717, 1.165) is 23.2 Å². The van der Waals surface area contributed by atoms with Crippen LogP contribution >= 0.6 is 22.9 Å². The summed E-state index contributed by atoms with van der Waals surface area (Å²) in [7, 11) is -4.04. The van der Waals surface area contributed by atoms with Crippen LogP contribution in [0.25, 0.3) is 0 Å². The van der Waals surface area contributed by atoms with Crippen LogP contribution < -0.4 is 9.62 Å². The number of halogens is 1. The highest BCUT2D eigenvalue weighted by molar-refractivity contribution is 7.97. The highest BCUT2D eigenvalue weighted by atomic mass is 35.5. The number of hydrogen-bond acceptors (Lipinski definition) is 5. The Morgan fingerprint density at radius 2 is 1.83 bits per heavy atom. The summed E-state index contributed by atoms with van der Waals surface area (Å²) in [6.07, 6.45) is 2.09. The fourth-order valence-corrected chi connectivity index (χ4v) is 5.93. The number of allylic oxidation sites excluding steroid dienone is 1. The fraction of sp³-hybridized carbons (Fsp3) is 0.136. The monoisotopic (exact) mass is 458 g/mol. The Morgan fingerprint density at radius 1 is 1.10 bits per heavy atom. The van der Waals surface area contributed by atoms with Gasteiger partial charge in [-0.3, -0.25) is 9.10 Å². The zero-order valence-electron chi connectivity index (χ0n) is 16.1. The minimum atomic E-state index is -4.04. The third kappa shape index (κ3) is 3.76. The first-order valence-corrected chi connectivity index (χ1v) is 12.1. The molecule has 2 heterocycles. The van der Waals surface area contributed by atoms with Gasteiger partial charge in [-0.15, -0.1) is 11.3 Å². The van der Waals surface area contributed by atoms with Crippen molar-refractivity contribution in [2.45, 2.75) is 19.9 Å². The summed E-state index contributed by atoms with van der Waals surface area (Å²) in [6, 6.07) is 16.3. The molecule has 0 bridgehead atoms. The molecular weight excluding hydrogens is 440 g/mol. The number of fused-ring (bicyclic) bond motifs is 1. The SMILES string of the molecule is CCc1ccccc1NC=C1C(=O)c2sccc2N(Cc2ccc(Cl)cc2)S1(=O)=O. The number of para-hydroxylation sites is 1. The molecule has 1 aliphatic rings. The van der Waals surface area contributed by atoms with Gasteiger partial charge in [-0.1, -0.05) is 48.9 Å². The summed E-state index contributed by atoms with van der Waals surface area (Å²) in [5.74, 6) is -0.492. The zero-order valence-corrected chi connectivity index (χ0v) is 18.5. The standard InChI is InChI=1S/C22H19ClN2O3S2/c1-2-16-5-3-4-6-18(16)24-13-20-21(26)22-19(11-12-29-22)25(30(20,27)28)14-15-7-9-17(23)10-8-15/h3-13,24H,2,14H2,1H3. The smallest absolute Gasteiger partial charge is 0.270 e. The van der Waals surface area contributed by atoms with E-state index in [1.807, 2.05) is 31.2 Å². The van der Waals surface area contributed by atoms with Crippen LogP contribution in [0.15, 0.2) is 71.1 Å². The van der Waals surface area contributed by atoms with Crippen molar-refractivity contribution in [2.75, 3.05) is 9.62 Å². The molecule has 0 radical (unpaired) electrons. The van der Waals surface area contributed by atoms with Crippen molar-refractivity contribution in [3.8, 4) is 0 Å². The normalized spacial score (nSPS) is 16.5. The second kappa shape index (κ2) is 8.26. The first-order chi connectivity index (χ1) is 14.4. The number of benzene rings is 2. The van der Waals surface area contributed by atoms with Crippen LogP contribution in [0.3, 0.4) is 0 Å². The molecule has 0 atom stereocenters. The summed E-state index contributed by atoms with van der Waals surface area (Å²) in [5, 5.41) is 5.34. The van der Waals surface area contributed by atoms with Crippen molar-refractivity contribution in [3.63, 3.8) is 0 Å². The Bertz CT molecular complexity index is 1230. The van der Waals surface area contributed by atoms with Gasteiger partial charge in [0.15, 0.2) is 4.91 Å². The van der Waals surface area contributed by atoms with Crippen molar-refractivity contribution >= 4 is 50.1 Å². The molecule has 0 unspecified atom stereocenters. The quantitative estimate of drug-likeness (QED) is 0.516. The molecule has 2 aromatic carbocycles. The first kappa shape index (κ1) is 20.7. The van der Waals surface area contributed by atoms with Crippen LogP contribution in [0, 0.1) is 0 Å². The number of hydrogen-bond donors (Lipinski definition) is 1. The third-order valence-corrected chi connectivity index (χ3v) is 7.83. The number of rotatable bonds is 5. The van der Waals surface area contributed by atoms with Crippen LogP contribution in [0.4, 0.5) is 11.4 Å². The Morgan fingerprint density at radius 3 is 2.57 bits per heavy atom. The lowest BCUT2D eigenvalue weighted by Crippen LogP contribution is -2.38. The van der Waals surface area contributed by atoms with E-state index >= 15 is 0 Å². The lowest BCUT2D eigenvalue weighted by molar-refractivity contribution is 0.104. The van der Waals surface area contributed by atoms with Crippen LogP contribution in [-0.4, -0.2) is 14.2 Å². The molecule has 0 saturated heterocycles. The number of aryl methyl sites for hydroxylation is 1. The van der Waals surface area contributed by atoms with Crippen LogP contribution in [-0.2, 0) is 23.0 Å². The van der Waals surface area contributed by atoms with Crippen molar-refractivity contribution in [2.24, 2.45) is 0 Å². The van der Waals surface area contributed by atoms with Crippen LogP contribution in [0.2, 0.25) is 5.02 Å². The molecule has 3 aromatic rings. The first-order valence-electron chi connectivity index (χ1n) is 9.36. The molecule has 1 N–H and O–H groups in total. The van der Waals surface area contributed by atoms with E-state index in [1.165, 1.54) is 21.8 Å². The van der Waals surface area contributed by atoms with E-state index in [1.54, 1.807) is 35.7 Å². The molecule has 5 nitrogen and oxygen atoms in total. The molecular formula is C22H19ClN2O3S2. The Hall–Kier alpha value is -2.61. The van der Waals surface area contributed by atoms with Crippen molar-refractivity contribution in [3.05, 3.63) is 92.1 Å². The van der Waals surface area contributed by atoms with Crippen LogP contribution in [0.1, 0.15) is 27.7 Å². The number of sulfonamides is 1. The van der Waals surface area contributed by atoms with E-state index < -0.39 is 15.8 Å². The molecule has 0 spiro atoms. The molecule has 1 aromatic heterocycles. The zero-order chi connectivity index (χ0) is 21.3. The highest BCUT2D eigenvalue weighted by Gasteiger charge is 2.41. The number of ketones is 1. The minimum absolute atomic E-state index is 0.111. The summed E-state index contributed by atoms with van der Waals surface area (Å²) in [6.45, 7) is 2.13. The number of carbonyl (C=O) groups excluding carboxylic acids is 1. The Balaban J connectivity index is 1.75. The topological polar surface area (TPSA) is 66.5 Å². The summed E-state index contributed by atoms with van der Waals surface area (Å²) in [4.78, 5) is 13.1. The molecule has 1 aliphatic heterocycles. The average Bonchev–Trinajstić information content (AvgIpc) is 3.22. The molecule has 0 fully saturated rings. The molecule has 0 saturated carbocycles.